The van der Waals surface area contributed by atoms with Crippen LogP contribution in [0.15, 0.2) is 59.8 Å². The average molecular weight is 462 g/mol. The minimum absolute atomic E-state index is 0.0501. The molecule has 0 saturated heterocycles. The molecule has 9 heteroatoms. The molecule has 176 valence electrons. The van der Waals surface area contributed by atoms with Gasteiger partial charge in [0, 0.05) is 23.4 Å². The van der Waals surface area contributed by atoms with Gasteiger partial charge in [0.15, 0.2) is 11.5 Å². The Morgan fingerprint density at radius 1 is 1.26 bits per heavy atom. The number of benzene rings is 2. The van der Waals surface area contributed by atoms with Crippen LogP contribution in [-0.4, -0.2) is 51.4 Å². The Bertz CT molecular complexity index is 1170. The lowest BCUT2D eigenvalue weighted by Gasteiger charge is -2.35. The van der Waals surface area contributed by atoms with Gasteiger partial charge < -0.3 is 20.0 Å². The summed E-state index contributed by atoms with van der Waals surface area (Å²) in [5.74, 6) is 0.247. The van der Waals surface area contributed by atoms with Crippen LogP contribution in [0.1, 0.15) is 41.4 Å². The molecule has 4 rings (SSSR count). The number of anilines is 1. The van der Waals surface area contributed by atoms with Crippen molar-refractivity contribution in [1.29, 1.82) is 0 Å². The molecule has 0 saturated carbocycles. The Labute approximate surface area is 197 Å². The van der Waals surface area contributed by atoms with Gasteiger partial charge in [0.05, 0.1) is 19.4 Å². The summed E-state index contributed by atoms with van der Waals surface area (Å²) in [6, 6.07) is 13.9. The topological polar surface area (TPSA) is 120 Å². The van der Waals surface area contributed by atoms with Gasteiger partial charge in [-0.05, 0) is 54.8 Å². The van der Waals surface area contributed by atoms with Crippen LogP contribution in [-0.2, 0) is 11.3 Å². The molecule has 1 aliphatic heterocycles. The molecule has 9 nitrogen and oxygen atoms in total. The lowest BCUT2D eigenvalue weighted by atomic mass is 9.87. The van der Waals surface area contributed by atoms with Crippen LogP contribution >= 0.6 is 0 Å². The Morgan fingerprint density at radius 2 is 2.06 bits per heavy atom. The van der Waals surface area contributed by atoms with E-state index in [-0.39, 0.29) is 23.6 Å². The molecule has 2 atom stereocenters. The molecule has 3 N–H and O–H groups in total. The zero-order chi connectivity index (χ0) is 24.1. The third-order valence-electron chi connectivity index (χ3n) is 5.95. The molecule has 3 aromatic rings. The van der Waals surface area contributed by atoms with Gasteiger partial charge in [-0.1, -0.05) is 19.1 Å². The number of H-pyrrole nitrogens is 1. The maximum absolute atomic E-state index is 12.2. The number of aldehydes is 1. The quantitative estimate of drug-likeness (QED) is 0.441. The summed E-state index contributed by atoms with van der Waals surface area (Å²) in [4.78, 5) is 24.0. The highest BCUT2D eigenvalue weighted by atomic mass is 16.5. The summed E-state index contributed by atoms with van der Waals surface area (Å²) >= 11 is 0. The van der Waals surface area contributed by atoms with Crippen LogP contribution in [0.2, 0.25) is 0 Å². The van der Waals surface area contributed by atoms with Crippen molar-refractivity contribution in [3.8, 4) is 11.5 Å². The number of carbonyl (C=O) groups excluding carboxylic acids is 2. The Kier molecular flexibility index (Phi) is 6.91. The first-order valence-electron chi connectivity index (χ1n) is 11.1. The highest BCUT2D eigenvalue weighted by molar-refractivity contribution is 6.03. The number of amides is 1. The van der Waals surface area contributed by atoms with Gasteiger partial charge >= 0.3 is 0 Å². The molecular formula is C25H27N5O4. The lowest BCUT2D eigenvalue weighted by molar-refractivity contribution is -0.113. The van der Waals surface area contributed by atoms with Gasteiger partial charge in [-0.2, -0.15) is 10.2 Å². The number of nitrogens with zero attached hydrogens (tertiary/aromatic N) is 3. The highest BCUT2D eigenvalue weighted by Gasteiger charge is 2.31. The number of hydrazone groups is 1. The van der Waals surface area contributed by atoms with Gasteiger partial charge in [-0.15, -0.1) is 0 Å². The summed E-state index contributed by atoms with van der Waals surface area (Å²) in [5.41, 5.74) is 3.53. The summed E-state index contributed by atoms with van der Waals surface area (Å²) in [7, 11) is 1.51. The van der Waals surface area contributed by atoms with Crippen LogP contribution in [0, 0.1) is 5.92 Å². The Morgan fingerprint density at radius 3 is 2.68 bits per heavy atom. The van der Waals surface area contributed by atoms with E-state index in [0.29, 0.717) is 30.1 Å². The molecule has 2 heterocycles. The van der Waals surface area contributed by atoms with Crippen molar-refractivity contribution < 1.29 is 19.4 Å². The molecular weight excluding hydrogens is 434 g/mol. The maximum Gasteiger partial charge on any atom is 0.276 e. The van der Waals surface area contributed by atoms with Crippen molar-refractivity contribution in [2.45, 2.75) is 32.4 Å². The van der Waals surface area contributed by atoms with Crippen molar-refractivity contribution in [2.75, 3.05) is 12.4 Å². The summed E-state index contributed by atoms with van der Waals surface area (Å²) in [6.45, 7) is 2.50. The number of phenolic OH excluding ortho intramolecular Hbond substituents is 1. The maximum atomic E-state index is 12.2. The first-order chi connectivity index (χ1) is 16.5. The van der Waals surface area contributed by atoms with E-state index in [0.717, 1.165) is 29.5 Å². The number of carbonyl (C=O) groups is 2. The lowest BCUT2D eigenvalue weighted by Crippen LogP contribution is -2.41. The number of ether oxygens (including phenoxy) is 1. The predicted octanol–water partition coefficient (Wildman–Crippen LogP) is 3.58. The second kappa shape index (κ2) is 10.2. The zero-order valence-electron chi connectivity index (χ0n) is 19.1. The van der Waals surface area contributed by atoms with Crippen LogP contribution in [0.25, 0.3) is 0 Å². The first kappa shape index (κ1) is 23.0. The Balaban J connectivity index is 1.54. The van der Waals surface area contributed by atoms with Gasteiger partial charge in [0.25, 0.3) is 5.91 Å². The van der Waals surface area contributed by atoms with Crippen molar-refractivity contribution in [3.63, 3.8) is 0 Å². The number of methoxy groups -OCH3 is 1. The summed E-state index contributed by atoms with van der Waals surface area (Å²) in [6.07, 6.45) is 4.00. The zero-order valence-corrected chi connectivity index (χ0v) is 19.1. The van der Waals surface area contributed by atoms with Crippen LogP contribution < -0.4 is 10.1 Å². The van der Waals surface area contributed by atoms with Crippen molar-refractivity contribution in [2.24, 2.45) is 11.0 Å². The minimum atomic E-state index is -0.348. The number of rotatable bonds is 8. The van der Waals surface area contributed by atoms with Crippen molar-refractivity contribution >= 4 is 23.6 Å². The molecule has 1 aliphatic rings. The standard InChI is InChI=1S/C25H27N5O4/c1-3-17-12-20(15-31)30(29-24(17)18-6-9-23(34-2)22(32)13-18)14-16-4-7-19(8-5-16)27-25(33)21-10-11-26-28-21/h4-11,13,15,17,20,32H,3,12,14H2,1-2H3,(H,26,28)(H,27,33). The largest absolute Gasteiger partial charge is 0.504 e. The number of aromatic nitrogens is 2. The second-order valence-electron chi connectivity index (χ2n) is 8.12. The second-order valence-corrected chi connectivity index (χ2v) is 8.12. The molecule has 0 fully saturated rings. The van der Waals surface area contributed by atoms with Crippen LogP contribution in [0.4, 0.5) is 5.69 Å². The molecule has 34 heavy (non-hydrogen) atoms. The molecule has 1 amide bonds. The molecule has 0 radical (unpaired) electrons. The van der Waals surface area contributed by atoms with Gasteiger partial charge in [-0.3, -0.25) is 14.9 Å². The van der Waals surface area contributed by atoms with E-state index in [2.05, 4.69) is 22.4 Å². The van der Waals surface area contributed by atoms with Crippen LogP contribution in [0.5, 0.6) is 11.5 Å². The summed E-state index contributed by atoms with van der Waals surface area (Å²) < 4.78 is 5.15. The normalized spacial score (nSPS) is 17.7. The molecule has 2 unspecified atom stereocenters. The molecule has 1 aromatic heterocycles. The van der Waals surface area contributed by atoms with E-state index in [1.807, 2.05) is 18.2 Å². The fourth-order valence-electron chi connectivity index (χ4n) is 4.06. The number of aromatic hydroxyl groups is 1. The highest BCUT2D eigenvalue weighted by Crippen LogP contribution is 2.32. The molecule has 0 aliphatic carbocycles. The van der Waals surface area contributed by atoms with E-state index in [9.17, 15) is 14.7 Å². The average Bonchev–Trinajstić information content (AvgIpc) is 3.40. The molecule has 0 bridgehead atoms. The summed E-state index contributed by atoms with van der Waals surface area (Å²) in [5, 5.41) is 26.2. The van der Waals surface area contributed by atoms with Crippen LogP contribution in [0.3, 0.4) is 0 Å². The Hall–Kier alpha value is -4.14. The third-order valence-corrected chi connectivity index (χ3v) is 5.95. The molecule has 2 aromatic carbocycles. The van der Waals surface area contributed by atoms with E-state index in [4.69, 9.17) is 9.84 Å². The van der Waals surface area contributed by atoms with E-state index >= 15 is 0 Å². The fourth-order valence-corrected chi connectivity index (χ4v) is 4.06. The number of hydrogen-bond donors (Lipinski definition) is 3. The number of phenols is 1. The first-order valence-corrected chi connectivity index (χ1v) is 11.1. The van der Waals surface area contributed by atoms with Gasteiger partial charge in [-0.25, -0.2) is 0 Å². The van der Waals surface area contributed by atoms with E-state index in [1.54, 1.807) is 41.5 Å². The van der Waals surface area contributed by atoms with Gasteiger partial charge in [0.2, 0.25) is 0 Å². The van der Waals surface area contributed by atoms with E-state index < -0.39 is 0 Å². The van der Waals surface area contributed by atoms with Crippen molar-refractivity contribution in [3.05, 3.63) is 71.5 Å². The monoisotopic (exact) mass is 461 g/mol. The smallest absolute Gasteiger partial charge is 0.276 e. The number of hydrogen-bond acceptors (Lipinski definition) is 7. The van der Waals surface area contributed by atoms with E-state index in [1.165, 1.54) is 7.11 Å². The molecule has 0 spiro atoms. The van der Waals surface area contributed by atoms with Gasteiger partial charge in [0.1, 0.15) is 18.0 Å². The fraction of sp³-hybridized carbons (Fsp3) is 0.280. The number of aromatic amines is 1. The number of nitrogens with one attached hydrogen (secondary N) is 2. The third kappa shape index (κ3) is 4.93. The van der Waals surface area contributed by atoms with Crippen molar-refractivity contribution in [1.82, 2.24) is 15.2 Å². The minimum Gasteiger partial charge on any atom is -0.504 e. The predicted molar refractivity (Wildman–Crippen MR) is 128 cm³/mol. The SMILES string of the molecule is CCC1CC(C=O)N(Cc2ccc(NC(=O)c3cc[nH]n3)cc2)N=C1c1ccc(OC)c(O)c1.